The number of aromatic nitrogens is 1. The Hall–Kier alpha value is -3.99. The maximum atomic E-state index is 13.9. The quantitative estimate of drug-likeness (QED) is 0.394. The molecule has 2 aliphatic rings. The van der Waals surface area contributed by atoms with Gasteiger partial charge in [-0.3, -0.25) is 29.0 Å². The Balaban J connectivity index is 1.63. The van der Waals surface area contributed by atoms with Crippen LogP contribution in [-0.2, 0) is 11.3 Å². The molecule has 196 valence electrons. The highest BCUT2D eigenvalue weighted by molar-refractivity contribution is 5.99. The zero-order valence-corrected chi connectivity index (χ0v) is 20.2. The maximum Gasteiger partial charge on any atom is 0.281 e. The third-order valence-corrected chi connectivity index (χ3v) is 6.22. The summed E-state index contributed by atoms with van der Waals surface area (Å²) in [4.78, 5) is 40.3. The molecule has 2 aliphatic heterocycles. The van der Waals surface area contributed by atoms with E-state index in [4.69, 9.17) is 4.74 Å². The van der Waals surface area contributed by atoms with Gasteiger partial charge in [0.15, 0.2) is 11.4 Å². The number of halogens is 2. The van der Waals surface area contributed by atoms with E-state index in [-0.39, 0.29) is 30.6 Å². The van der Waals surface area contributed by atoms with Crippen molar-refractivity contribution >= 4 is 11.8 Å². The van der Waals surface area contributed by atoms with E-state index in [0.717, 1.165) is 18.9 Å². The predicted molar refractivity (Wildman–Crippen MR) is 132 cm³/mol. The third kappa shape index (κ3) is 5.72. The van der Waals surface area contributed by atoms with Crippen molar-refractivity contribution in [2.24, 2.45) is 0 Å². The van der Waals surface area contributed by atoms with Crippen LogP contribution in [0.1, 0.15) is 52.1 Å². The molecule has 11 heteroatoms. The van der Waals surface area contributed by atoms with E-state index in [2.05, 4.69) is 11.9 Å². The number of carbonyl (C=O) groups excluding carboxylic acids is 2. The monoisotopic (exact) mass is 514 g/mol. The minimum absolute atomic E-state index is 0.0203. The van der Waals surface area contributed by atoms with E-state index in [1.54, 1.807) is 23.4 Å². The van der Waals surface area contributed by atoms with Crippen molar-refractivity contribution in [2.75, 3.05) is 24.8 Å². The van der Waals surface area contributed by atoms with Crippen LogP contribution in [0, 0.1) is 11.6 Å². The van der Waals surface area contributed by atoms with E-state index in [9.17, 15) is 28.3 Å². The van der Waals surface area contributed by atoms with Crippen molar-refractivity contribution in [3.8, 4) is 5.75 Å². The van der Waals surface area contributed by atoms with E-state index in [0.29, 0.717) is 32.1 Å². The van der Waals surface area contributed by atoms with Crippen LogP contribution >= 0.6 is 0 Å². The lowest BCUT2D eigenvalue weighted by Crippen LogP contribution is -2.53. The molecule has 2 N–H and O–H groups in total. The fourth-order valence-corrected chi connectivity index (χ4v) is 4.22. The largest absolute Gasteiger partial charge is 0.502 e. The van der Waals surface area contributed by atoms with Crippen LogP contribution in [0.25, 0.3) is 0 Å². The van der Waals surface area contributed by atoms with Crippen LogP contribution in [0.3, 0.4) is 0 Å². The first-order valence-corrected chi connectivity index (χ1v) is 12.0. The molecule has 3 heterocycles. The van der Waals surface area contributed by atoms with Crippen LogP contribution in [0.2, 0.25) is 0 Å². The summed E-state index contributed by atoms with van der Waals surface area (Å²) in [5.41, 5.74) is -1.71. The molecule has 0 radical (unpaired) electrons. The van der Waals surface area contributed by atoms with E-state index < -0.39 is 40.2 Å². The molecule has 0 aliphatic carbocycles. The van der Waals surface area contributed by atoms with E-state index in [1.165, 1.54) is 21.8 Å². The SMILES string of the molecule is C=CCCCN1CN(/C=C/C2CCCO2)C(=O)c2c(O)c(=O)c(C(=O)NCc3ccc(F)cc3F)cn21. The minimum Gasteiger partial charge on any atom is -0.502 e. The first kappa shape index (κ1) is 26.1. The van der Waals surface area contributed by atoms with Crippen LogP contribution in [0.4, 0.5) is 8.78 Å². The van der Waals surface area contributed by atoms with Gasteiger partial charge in [0.1, 0.15) is 23.9 Å². The number of pyridine rings is 1. The first-order chi connectivity index (χ1) is 17.8. The molecule has 0 saturated carbocycles. The third-order valence-electron chi connectivity index (χ3n) is 6.22. The number of benzene rings is 1. The molecular formula is C26H28F2N4O5. The average molecular weight is 515 g/mol. The fraction of sp³-hybridized carbons (Fsp3) is 0.346. The number of nitrogens with one attached hydrogen (secondary N) is 1. The van der Waals surface area contributed by atoms with Crippen molar-refractivity contribution in [3.63, 3.8) is 0 Å². The second kappa shape index (κ2) is 11.4. The highest BCUT2D eigenvalue weighted by Crippen LogP contribution is 2.23. The highest BCUT2D eigenvalue weighted by atomic mass is 19.1. The number of unbranched alkanes of at least 4 members (excludes halogenated alkanes) is 1. The lowest BCUT2D eigenvalue weighted by Gasteiger charge is -2.38. The second-order valence-electron chi connectivity index (χ2n) is 8.80. The summed E-state index contributed by atoms with van der Waals surface area (Å²) < 4.78 is 34.0. The zero-order valence-electron chi connectivity index (χ0n) is 20.2. The lowest BCUT2D eigenvalue weighted by molar-refractivity contribution is 0.0758. The van der Waals surface area contributed by atoms with Gasteiger partial charge in [-0.25, -0.2) is 8.78 Å². The summed E-state index contributed by atoms with van der Waals surface area (Å²) >= 11 is 0. The fourth-order valence-electron chi connectivity index (χ4n) is 4.22. The Morgan fingerprint density at radius 3 is 2.81 bits per heavy atom. The zero-order chi connectivity index (χ0) is 26.5. The minimum atomic E-state index is -1.03. The molecule has 37 heavy (non-hydrogen) atoms. The highest BCUT2D eigenvalue weighted by Gasteiger charge is 2.33. The van der Waals surface area contributed by atoms with Crippen LogP contribution in [0.5, 0.6) is 5.75 Å². The molecule has 9 nitrogen and oxygen atoms in total. The normalized spacial score (nSPS) is 17.4. The summed E-state index contributed by atoms with van der Waals surface area (Å²) in [7, 11) is 0. The van der Waals surface area contributed by atoms with Gasteiger partial charge in [0.05, 0.1) is 6.10 Å². The molecule has 2 aromatic rings. The van der Waals surface area contributed by atoms with Gasteiger partial charge in [-0.15, -0.1) is 6.58 Å². The smallest absolute Gasteiger partial charge is 0.281 e. The van der Waals surface area contributed by atoms with Crippen molar-refractivity contribution in [1.82, 2.24) is 14.9 Å². The molecule has 1 unspecified atom stereocenters. The number of ether oxygens (including phenoxy) is 1. The van der Waals surface area contributed by atoms with Crippen molar-refractivity contribution < 1.29 is 28.2 Å². The summed E-state index contributed by atoms with van der Waals surface area (Å²) in [5.74, 6) is -3.95. The topological polar surface area (TPSA) is 104 Å². The molecule has 1 atom stereocenters. The molecular weight excluding hydrogens is 486 g/mol. The van der Waals surface area contributed by atoms with Crippen LogP contribution < -0.4 is 15.8 Å². The summed E-state index contributed by atoms with van der Waals surface area (Å²) in [6, 6.07) is 2.92. The Kier molecular flexibility index (Phi) is 8.02. The number of nitrogens with zero attached hydrogens (tertiary/aromatic N) is 3. The lowest BCUT2D eigenvalue weighted by atomic mass is 10.1. The Morgan fingerprint density at radius 1 is 1.30 bits per heavy atom. The summed E-state index contributed by atoms with van der Waals surface area (Å²) in [6.45, 7) is 4.59. The second-order valence-corrected chi connectivity index (χ2v) is 8.80. The van der Waals surface area contributed by atoms with Crippen molar-refractivity contribution in [2.45, 2.75) is 38.3 Å². The summed E-state index contributed by atoms with van der Waals surface area (Å²) in [6.07, 6.45) is 9.31. The molecule has 1 aromatic heterocycles. The number of rotatable bonds is 9. The molecule has 0 bridgehead atoms. The maximum absolute atomic E-state index is 13.9. The van der Waals surface area contributed by atoms with Gasteiger partial charge in [-0.2, -0.15) is 0 Å². The van der Waals surface area contributed by atoms with E-state index in [1.807, 2.05) is 0 Å². The first-order valence-electron chi connectivity index (χ1n) is 12.0. The Morgan fingerprint density at radius 2 is 2.11 bits per heavy atom. The van der Waals surface area contributed by atoms with E-state index >= 15 is 0 Å². The van der Waals surface area contributed by atoms with Gasteiger partial charge in [0.2, 0.25) is 5.43 Å². The number of aromatic hydroxyl groups is 1. The number of allylic oxidation sites excluding steroid dienone is 1. The number of hydrogen-bond acceptors (Lipinski definition) is 6. The predicted octanol–water partition coefficient (Wildman–Crippen LogP) is 2.77. The van der Waals surface area contributed by atoms with Gasteiger partial charge in [-0.1, -0.05) is 12.1 Å². The number of fused-ring (bicyclic) bond motifs is 1. The number of hydrogen-bond donors (Lipinski definition) is 2. The van der Waals surface area contributed by atoms with Gasteiger partial charge in [0, 0.05) is 43.7 Å². The van der Waals surface area contributed by atoms with Gasteiger partial charge in [-0.05, 0) is 37.8 Å². The molecule has 1 saturated heterocycles. The Bertz CT molecular complexity index is 1290. The Labute approximate surface area is 212 Å². The average Bonchev–Trinajstić information content (AvgIpc) is 3.39. The van der Waals surface area contributed by atoms with Gasteiger partial charge in [0.25, 0.3) is 11.8 Å². The number of amides is 2. The van der Waals surface area contributed by atoms with Crippen LogP contribution in [-0.4, -0.2) is 52.4 Å². The molecule has 4 rings (SSSR count). The molecule has 0 spiro atoms. The number of carbonyl (C=O) groups is 2. The van der Waals surface area contributed by atoms with Crippen molar-refractivity contribution in [1.29, 1.82) is 0 Å². The molecule has 1 fully saturated rings. The van der Waals surface area contributed by atoms with Gasteiger partial charge < -0.3 is 15.2 Å². The standard InChI is InChI=1S/C26H28F2N4O5/c1-2-3-4-10-31-16-30(11-9-19-6-5-12-37-19)26(36)22-24(34)23(33)20(15-32(22)31)25(35)29-14-17-7-8-18(27)13-21(17)28/h2,7-9,11,13,15,19,34H,1,3-6,10,12,14,16H2,(H,29,35)/b11-9+. The summed E-state index contributed by atoms with van der Waals surface area (Å²) in [5, 5.41) is 14.9. The molecule has 1 aromatic carbocycles. The van der Waals surface area contributed by atoms with Crippen molar-refractivity contribution in [3.05, 3.63) is 88.0 Å². The molecule has 2 amide bonds. The van der Waals surface area contributed by atoms with Gasteiger partial charge >= 0.3 is 0 Å². The van der Waals surface area contributed by atoms with Crippen LogP contribution in [0.15, 0.2) is 54.1 Å².